The molecule has 0 saturated heterocycles. The van der Waals surface area contributed by atoms with Crippen molar-refractivity contribution in [2.75, 3.05) is 6.54 Å². The second kappa shape index (κ2) is 10.7. The second-order valence-corrected chi connectivity index (χ2v) is 9.75. The summed E-state index contributed by atoms with van der Waals surface area (Å²) in [6.07, 6.45) is 2.43. The summed E-state index contributed by atoms with van der Waals surface area (Å²) in [5.41, 5.74) is 10.6. The molecule has 3 aromatic carbocycles. The molecule has 0 radical (unpaired) electrons. The normalized spacial score (nSPS) is 14.1. The number of carbonyl (C=O) groups excluding carboxylic acids is 1. The lowest BCUT2D eigenvalue weighted by atomic mass is 9.95. The van der Waals surface area contributed by atoms with E-state index in [0.717, 1.165) is 59.6 Å². The van der Waals surface area contributed by atoms with Gasteiger partial charge < -0.3 is 11.1 Å². The molecule has 1 aliphatic rings. The van der Waals surface area contributed by atoms with Crippen molar-refractivity contribution in [2.45, 2.75) is 38.8 Å². The number of halogens is 2. The molecule has 0 aliphatic heterocycles. The number of nitrogens with two attached hydrogens (primary N) is 1. The Morgan fingerprint density at radius 1 is 1.05 bits per heavy atom. The van der Waals surface area contributed by atoms with Crippen LogP contribution in [0, 0.1) is 24.5 Å². The van der Waals surface area contributed by atoms with Crippen LogP contribution in [-0.4, -0.2) is 22.1 Å². The summed E-state index contributed by atoms with van der Waals surface area (Å²) in [6.45, 7) is 2.97. The van der Waals surface area contributed by atoms with Gasteiger partial charge in [0.05, 0.1) is 17.4 Å². The third-order valence-corrected chi connectivity index (χ3v) is 6.73. The molecule has 1 aliphatic carbocycles. The molecule has 0 spiro atoms. The van der Waals surface area contributed by atoms with E-state index in [4.69, 9.17) is 5.73 Å². The van der Waals surface area contributed by atoms with E-state index in [2.05, 4.69) is 10.4 Å². The first-order chi connectivity index (χ1) is 17.9. The zero-order valence-electron chi connectivity index (χ0n) is 20.8. The van der Waals surface area contributed by atoms with E-state index in [-0.39, 0.29) is 17.8 Å². The number of hydrogen-bond acceptors (Lipinski definition) is 4. The van der Waals surface area contributed by atoms with Gasteiger partial charge in [0.25, 0.3) is 0 Å². The van der Waals surface area contributed by atoms with Crippen LogP contribution in [0.3, 0.4) is 0 Å². The first-order valence-electron chi connectivity index (χ1n) is 12.6. The lowest BCUT2D eigenvalue weighted by molar-refractivity contribution is 0.0985. The number of nitrogens with zero attached hydrogens (tertiary/aromatic N) is 2. The van der Waals surface area contributed by atoms with Gasteiger partial charge in [0, 0.05) is 18.5 Å². The van der Waals surface area contributed by atoms with Crippen LogP contribution < -0.4 is 11.1 Å². The molecule has 5 rings (SSSR count). The zero-order chi connectivity index (χ0) is 25.9. The number of carbonyl (C=O) groups is 1. The van der Waals surface area contributed by atoms with Crippen LogP contribution in [0.4, 0.5) is 8.78 Å². The molecule has 7 heteroatoms. The molecule has 0 bridgehead atoms. The van der Waals surface area contributed by atoms with Crippen LogP contribution in [0.5, 0.6) is 0 Å². The minimum absolute atomic E-state index is 0.0877. The minimum atomic E-state index is -0.516. The van der Waals surface area contributed by atoms with Crippen molar-refractivity contribution in [2.24, 2.45) is 11.7 Å². The Hall–Kier alpha value is -3.68. The van der Waals surface area contributed by atoms with E-state index >= 15 is 0 Å². The summed E-state index contributed by atoms with van der Waals surface area (Å²) in [7, 11) is 0. The van der Waals surface area contributed by atoms with E-state index in [0.29, 0.717) is 18.2 Å². The van der Waals surface area contributed by atoms with E-state index < -0.39 is 17.7 Å². The largest absolute Gasteiger partial charge is 0.326 e. The standard InChI is InChI=1S/C30H30F2N4O/c1-19-12-28(36(35-19)25-7-3-5-22(14-25)17-33)29(37)15-21-4-2-6-23(13-21)30(34-18-20-8-9-20)26-16-24(31)10-11-27(26)32/h2-7,10-14,16,20,30,34H,8-9,15,17-18,33H2,1H3. The number of Topliss-reactive ketones (excluding diaryl/α,β-unsaturated/α-hetero) is 1. The zero-order valence-corrected chi connectivity index (χ0v) is 20.8. The number of hydrogen-bond donors (Lipinski definition) is 2. The quantitative estimate of drug-likeness (QED) is 0.285. The van der Waals surface area contributed by atoms with Crippen molar-refractivity contribution in [1.82, 2.24) is 15.1 Å². The van der Waals surface area contributed by atoms with Crippen molar-refractivity contribution in [3.8, 4) is 5.69 Å². The Kier molecular flexibility index (Phi) is 7.26. The third-order valence-electron chi connectivity index (χ3n) is 6.73. The predicted molar refractivity (Wildman–Crippen MR) is 140 cm³/mol. The molecule has 1 unspecified atom stereocenters. The Morgan fingerprint density at radius 3 is 2.62 bits per heavy atom. The van der Waals surface area contributed by atoms with Crippen molar-refractivity contribution in [1.29, 1.82) is 0 Å². The van der Waals surface area contributed by atoms with E-state index in [1.165, 1.54) is 6.07 Å². The van der Waals surface area contributed by atoms with Gasteiger partial charge in [-0.3, -0.25) is 4.79 Å². The number of nitrogens with one attached hydrogen (secondary N) is 1. The Balaban J connectivity index is 1.43. The minimum Gasteiger partial charge on any atom is -0.326 e. The van der Waals surface area contributed by atoms with Gasteiger partial charge in [0.15, 0.2) is 5.78 Å². The summed E-state index contributed by atoms with van der Waals surface area (Å²) in [5, 5.41) is 7.96. The number of benzene rings is 3. The molecule has 5 nitrogen and oxygen atoms in total. The smallest absolute Gasteiger partial charge is 0.185 e. The highest BCUT2D eigenvalue weighted by atomic mass is 19.1. The molecule has 1 atom stereocenters. The van der Waals surface area contributed by atoms with Crippen molar-refractivity contribution >= 4 is 5.78 Å². The Morgan fingerprint density at radius 2 is 1.84 bits per heavy atom. The highest BCUT2D eigenvalue weighted by Gasteiger charge is 2.25. The molecule has 37 heavy (non-hydrogen) atoms. The monoisotopic (exact) mass is 500 g/mol. The average Bonchev–Trinajstić information content (AvgIpc) is 3.65. The molecular weight excluding hydrogens is 470 g/mol. The summed E-state index contributed by atoms with van der Waals surface area (Å²) in [4.78, 5) is 13.4. The van der Waals surface area contributed by atoms with Crippen LogP contribution in [-0.2, 0) is 13.0 Å². The number of aromatic nitrogens is 2. The van der Waals surface area contributed by atoms with E-state index in [1.807, 2.05) is 55.5 Å². The van der Waals surface area contributed by atoms with Crippen LogP contribution in [0.25, 0.3) is 5.69 Å². The van der Waals surface area contributed by atoms with Crippen LogP contribution in [0.15, 0.2) is 72.8 Å². The fraction of sp³-hybridized carbons (Fsp3) is 0.267. The molecule has 3 N–H and O–H groups in total. The first kappa shape index (κ1) is 25.0. The van der Waals surface area contributed by atoms with Gasteiger partial charge in [-0.05, 0) is 85.3 Å². The number of aryl methyl sites for hydroxylation is 1. The molecular formula is C30H30F2N4O. The van der Waals surface area contributed by atoms with Crippen LogP contribution in [0.1, 0.15) is 57.3 Å². The van der Waals surface area contributed by atoms with Gasteiger partial charge in [-0.15, -0.1) is 0 Å². The van der Waals surface area contributed by atoms with Gasteiger partial charge in [-0.25, -0.2) is 13.5 Å². The van der Waals surface area contributed by atoms with Crippen LogP contribution >= 0.6 is 0 Å². The SMILES string of the molecule is Cc1cc(C(=O)Cc2cccc(C(NCC3CC3)c3cc(F)ccc3F)c2)n(-c2cccc(CN)c2)n1. The lowest BCUT2D eigenvalue weighted by Gasteiger charge is -2.21. The summed E-state index contributed by atoms with van der Waals surface area (Å²) >= 11 is 0. The van der Waals surface area contributed by atoms with Crippen molar-refractivity contribution in [3.05, 3.63) is 118 Å². The topological polar surface area (TPSA) is 72.9 Å². The van der Waals surface area contributed by atoms with E-state index in [9.17, 15) is 13.6 Å². The highest BCUT2D eigenvalue weighted by Crippen LogP contribution is 2.31. The molecule has 4 aromatic rings. The van der Waals surface area contributed by atoms with Gasteiger partial charge >= 0.3 is 0 Å². The number of rotatable bonds is 10. The maximum absolute atomic E-state index is 14.8. The van der Waals surface area contributed by atoms with Crippen LogP contribution in [0.2, 0.25) is 0 Å². The van der Waals surface area contributed by atoms with Gasteiger partial charge in [0.2, 0.25) is 0 Å². The second-order valence-electron chi connectivity index (χ2n) is 9.75. The van der Waals surface area contributed by atoms with E-state index in [1.54, 1.807) is 10.7 Å². The summed E-state index contributed by atoms with van der Waals surface area (Å²) in [6, 6.07) is 20.0. The molecule has 1 heterocycles. The molecule has 190 valence electrons. The third kappa shape index (κ3) is 5.84. The summed E-state index contributed by atoms with van der Waals surface area (Å²) < 4.78 is 30.5. The fourth-order valence-corrected chi connectivity index (χ4v) is 4.62. The maximum atomic E-state index is 14.8. The maximum Gasteiger partial charge on any atom is 0.185 e. The highest BCUT2D eigenvalue weighted by molar-refractivity contribution is 5.96. The van der Waals surface area contributed by atoms with Gasteiger partial charge in [0.1, 0.15) is 17.3 Å². The average molecular weight is 501 g/mol. The first-order valence-corrected chi connectivity index (χ1v) is 12.6. The summed E-state index contributed by atoms with van der Waals surface area (Å²) in [5.74, 6) is -0.473. The molecule has 0 amide bonds. The Bertz CT molecular complexity index is 1430. The van der Waals surface area contributed by atoms with Gasteiger partial charge in [-0.2, -0.15) is 5.10 Å². The Labute approximate surface area is 215 Å². The van der Waals surface area contributed by atoms with Crippen molar-refractivity contribution < 1.29 is 13.6 Å². The fourth-order valence-electron chi connectivity index (χ4n) is 4.62. The molecule has 1 saturated carbocycles. The van der Waals surface area contributed by atoms with Gasteiger partial charge in [-0.1, -0.05) is 36.4 Å². The molecule has 1 fully saturated rings. The molecule has 1 aromatic heterocycles. The number of ketones is 1. The predicted octanol–water partition coefficient (Wildman–Crippen LogP) is 5.43. The lowest BCUT2D eigenvalue weighted by Crippen LogP contribution is -2.26. The van der Waals surface area contributed by atoms with Crippen molar-refractivity contribution in [3.63, 3.8) is 0 Å².